The first-order valence-corrected chi connectivity index (χ1v) is 25.6. The van der Waals surface area contributed by atoms with Crippen molar-refractivity contribution in [2.75, 3.05) is 47.0 Å². The Balaban J connectivity index is 0.961. The highest BCUT2D eigenvalue weighted by molar-refractivity contribution is 8.00. The van der Waals surface area contributed by atoms with Crippen molar-refractivity contribution >= 4 is 47.5 Å². The minimum absolute atomic E-state index is 0.0223. The topological polar surface area (TPSA) is 216 Å². The number of carbonyl (C=O) groups is 4. The zero-order chi connectivity index (χ0) is 48.2. The number of methoxy groups -OCH3 is 2. The molecule has 0 aliphatic carbocycles. The summed E-state index contributed by atoms with van der Waals surface area (Å²) in [5, 5.41) is 34.2. The van der Waals surface area contributed by atoms with Crippen LogP contribution >= 0.6 is 23.5 Å². The van der Waals surface area contributed by atoms with Crippen molar-refractivity contribution < 1.29 is 62.5 Å². The Morgan fingerprint density at radius 1 is 0.957 bits per heavy atom. The summed E-state index contributed by atoms with van der Waals surface area (Å²) < 4.78 is 42.7. The SMILES string of the molecule is COc1cc2c(cc1OC(=O)CCCC[C@H]1CC3NC(=O)NC3S1)CCN[C@]21CS[C@@H]2c3c(OC(C)=O)c(C)c4c(c3[C@@H](COC1=O)N1C2[C@H]2c3c(cc(C)c(OC)c3O)C[C@H]([C@@H]1O)N2C)OCO4. The number of piperazine rings is 1. The monoisotopic (exact) mass is 987 g/mol. The van der Waals surface area contributed by atoms with Crippen molar-refractivity contribution in [3.05, 3.63) is 62.7 Å². The van der Waals surface area contributed by atoms with Gasteiger partial charge >= 0.3 is 23.9 Å². The lowest BCUT2D eigenvalue weighted by Crippen LogP contribution is -2.70. The first kappa shape index (κ1) is 46.3. The number of esters is 3. The van der Waals surface area contributed by atoms with Crippen LogP contribution in [0.3, 0.4) is 0 Å². The van der Waals surface area contributed by atoms with E-state index in [1.165, 1.54) is 32.9 Å². The number of fused-ring (bicyclic) bond motifs is 10. The summed E-state index contributed by atoms with van der Waals surface area (Å²) in [6.07, 6.45) is 3.39. The number of likely N-dealkylation sites (N-methyl/N-ethyl adjacent to an activating group) is 1. The van der Waals surface area contributed by atoms with E-state index in [2.05, 4.69) is 20.9 Å². The van der Waals surface area contributed by atoms with Gasteiger partial charge in [0.2, 0.25) is 6.79 Å². The Morgan fingerprint density at radius 3 is 2.54 bits per heavy atom. The van der Waals surface area contributed by atoms with Gasteiger partial charge in [0.05, 0.1) is 49.0 Å². The summed E-state index contributed by atoms with van der Waals surface area (Å²) in [6.45, 7) is 5.15. The van der Waals surface area contributed by atoms with Gasteiger partial charge < -0.3 is 54.0 Å². The van der Waals surface area contributed by atoms with Gasteiger partial charge in [-0.15, -0.1) is 23.5 Å². The molecule has 69 heavy (non-hydrogen) atoms. The van der Waals surface area contributed by atoms with Gasteiger partial charge in [-0.25, -0.2) is 9.59 Å². The average Bonchev–Trinajstić information content (AvgIpc) is 4.04. The highest BCUT2D eigenvalue weighted by Crippen LogP contribution is 2.64. The van der Waals surface area contributed by atoms with Crippen LogP contribution in [-0.4, -0.2) is 126 Å². The molecule has 368 valence electrons. The molecule has 0 radical (unpaired) electrons. The molecule has 12 rings (SSSR count). The third kappa shape index (κ3) is 7.37. The minimum Gasteiger partial charge on any atom is -0.504 e. The number of nitrogens with one attached hydrogen (secondary N) is 3. The van der Waals surface area contributed by atoms with Gasteiger partial charge in [0.1, 0.15) is 18.6 Å². The first-order chi connectivity index (χ1) is 33.2. The molecule has 3 aromatic carbocycles. The Morgan fingerprint density at radius 2 is 1.77 bits per heavy atom. The lowest BCUT2D eigenvalue weighted by Gasteiger charge is -2.62. The number of hydrogen-bond donors (Lipinski definition) is 5. The Labute approximate surface area is 407 Å². The quantitative estimate of drug-likeness (QED) is 0.112. The van der Waals surface area contributed by atoms with E-state index in [1.54, 1.807) is 23.9 Å². The number of benzene rings is 3. The molecular weight excluding hydrogens is 931 g/mol. The number of amides is 2. The smallest absolute Gasteiger partial charge is 0.331 e. The Kier molecular flexibility index (Phi) is 11.8. The Hall–Kier alpha value is -5.12. The fourth-order valence-electron chi connectivity index (χ4n) is 12.4. The predicted molar refractivity (Wildman–Crippen MR) is 252 cm³/mol. The van der Waals surface area contributed by atoms with E-state index in [4.69, 9.17) is 33.2 Å². The third-order valence-corrected chi connectivity index (χ3v) is 18.5. The van der Waals surface area contributed by atoms with E-state index >= 15 is 4.79 Å². The highest BCUT2D eigenvalue weighted by atomic mass is 32.2. The average molecular weight is 988 g/mol. The van der Waals surface area contributed by atoms with Crippen LogP contribution in [0.15, 0.2) is 18.2 Å². The number of aromatic hydroxyl groups is 1. The molecule has 2 amide bonds. The number of nitrogens with zero attached hydrogens (tertiary/aromatic N) is 2. The summed E-state index contributed by atoms with van der Waals surface area (Å²) in [7, 11) is 4.98. The molecule has 18 nitrogen and oxygen atoms in total. The number of thioether (sulfide) groups is 2. The maximum Gasteiger partial charge on any atom is 0.331 e. The molecular formula is C49H57N5O13S2. The van der Waals surface area contributed by atoms with Crippen LogP contribution in [0.5, 0.6) is 40.2 Å². The maximum absolute atomic E-state index is 15.1. The van der Waals surface area contributed by atoms with Crippen molar-refractivity contribution in [3.63, 3.8) is 0 Å². The zero-order valence-electron chi connectivity index (χ0n) is 39.3. The van der Waals surface area contributed by atoms with Crippen molar-refractivity contribution in [3.8, 4) is 40.2 Å². The van der Waals surface area contributed by atoms with Crippen molar-refractivity contribution in [1.82, 2.24) is 25.8 Å². The largest absolute Gasteiger partial charge is 0.504 e. The second-order valence-electron chi connectivity index (χ2n) is 19.3. The van der Waals surface area contributed by atoms with E-state index in [0.29, 0.717) is 81.9 Å². The fraction of sp³-hybridized carbons (Fsp3) is 0.551. The second-order valence-corrected chi connectivity index (χ2v) is 21.8. The van der Waals surface area contributed by atoms with Crippen molar-refractivity contribution in [2.24, 2.45) is 0 Å². The minimum atomic E-state index is -1.44. The number of urea groups is 1. The number of aryl methyl sites for hydroxylation is 1. The van der Waals surface area contributed by atoms with Crippen LogP contribution in [0.25, 0.3) is 0 Å². The summed E-state index contributed by atoms with van der Waals surface area (Å²) in [5.74, 6) is 0.722. The maximum atomic E-state index is 15.1. The number of unbranched alkanes of at least 4 members (excludes halogenated alkanes) is 1. The number of rotatable bonds is 9. The molecule has 4 fully saturated rings. The molecule has 4 saturated heterocycles. The first-order valence-electron chi connectivity index (χ1n) is 23.6. The van der Waals surface area contributed by atoms with E-state index in [9.17, 15) is 24.6 Å². The molecule has 4 bridgehead atoms. The summed E-state index contributed by atoms with van der Waals surface area (Å²) in [6, 6.07) is 3.21. The van der Waals surface area contributed by atoms with Gasteiger partial charge in [0.25, 0.3) is 0 Å². The van der Waals surface area contributed by atoms with Gasteiger partial charge in [0.15, 0.2) is 40.0 Å². The Bertz CT molecular complexity index is 2650. The molecule has 9 aliphatic rings. The molecule has 20 heteroatoms. The second kappa shape index (κ2) is 17.6. The molecule has 3 aromatic rings. The predicted octanol–water partition coefficient (Wildman–Crippen LogP) is 4.69. The van der Waals surface area contributed by atoms with Gasteiger partial charge in [-0.3, -0.25) is 24.7 Å². The van der Waals surface area contributed by atoms with E-state index in [-0.39, 0.29) is 66.2 Å². The molecule has 9 heterocycles. The molecule has 10 atom stereocenters. The summed E-state index contributed by atoms with van der Waals surface area (Å²) in [5.41, 5.74) is 4.14. The van der Waals surface area contributed by atoms with Gasteiger partial charge in [-0.1, -0.05) is 12.5 Å². The van der Waals surface area contributed by atoms with Gasteiger partial charge in [0, 0.05) is 59.2 Å². The highest BCUT2D eigenvalue weighted by Gasteiger charge is 2.61. The van der Waals surface area contributed by atoms with E-state index in [0.717, 1.165) is 36.0 Å². The molecule has 3 unspecified atom stereocenters. The number of aliphatic hydroxyl groups is 1. The van der Waals surface area contributed by atoms with Crippen LogP contribution in [0.4, 0.5) is 4.79 Å². The summed E-state index contributed by atoms with van der Waals surface area (Å²) in [4.78, 5) is 57.4. The molecule has 0 saturated carbocycles. The van der Waals surface area contributed by atoms with Crippen molar-refractivity contribution in [1.29, 1.82) is 0 Å². The fourth-order valence-corrected chi connectivity index (χ4v) is 15.7. The van der Waals surface area contributed by atoms with Crippen molar-refractivity contribution in [2.45, 2.75) is 124 Å². The van der Waals surface area contributed by atoms with Gasteiger partial charge in [-0.2, -0.15) is 0 Å². The van der Waals surface area contributed by atoms with Gasteiger partial charge in [-0.05, 0) is 87.4 Å². The van der Waals surface area contributed by atoms with Crippen LogP contribution in [0, 0.1) is 13.8 Å². The standard InChI is InChI=1S/C49H57N5O13S2/c1-21-13-25-14-29-46(58)54-30-18-63-47(59)49(27-17-31(61-5)32(15-24(27)11-12-50-49)67-33(56)10-8-7-9-26-16-28-45(69-26)52-48(60)51-28)19-68-44(38(54)37(53(29)4)34(25)39(57)40(21)62-6)36-35(30)43-42(64-20-65-43)22(2)41(36)66-23(3)55/h13,15,17,26,28-30,37-38,44-46,50,57-58H,7-12,14,16,18-20H2,1-6H3,(H2,51,52,60)/t26-,28?,29+,30+,37+,38?,44+,45?,46-,49+/m0/s1. The molecule has 0 aromatic heterocycles. The van der Waals surface area contributed by atoms with Crippen LogP contribution < -0.4 is 44.4 Å². The van der Waals surface area contributed by atoms with E-state index in [1.807, 2.05) is 31.9 Å². The molecule has 9 aliphatic heterocycles. The van der Waals surface area contributed by atoms with E-state index < -0.39 is 53.1 Å². The normalized spacial score (nSPS) is 30.5. The lowest BCUT2D eigenvalue weighted by atomic mass is 9.73. The van der Waals surface area contributed by atoms with Crippen LogP contribution in [-0.2, 0) is 37.5 Å². The number of hydrogen-bond acceptors (Lipinski definition) is 18. The number of ether oxygens (including phenoxy) is 7. The zero-order valence-corrected chi connectivity index (χ0v) is 40.9. The summed E-state index contributed by atoms with van der Waals surface area (Å²) >= 11 is 3.23. The number of carbonyl (C=O) groups excluding carboxylic acids is 4. The number of aliphatic hydroxyl groups excluding tert-OH is 1. The number of phenolic OH excluding ortho intramolecular Hbond substituents is 1. The van der Waals surface area contributed by atoms with Crippen LogP contribution in [0.1, 0.15) is 101 Å². The van der Waals surface area contributed by atoms with Crippen LogP contribution in [0.2, 0.25) is 0 Å². The molecule has 1 spiro atoms. The third-order valence-electron chi connectivity index (χ3n) is 15.4. The lowest BCUT2D eigenvalue weighted by molar-refractivity contribution is -0.186. The number of phenols is 1. The molecule has 5 N–H and O–H groups in total.